The zero-order valence-corrected chi connectivity index (χ0v) is 12.4. The lowest BCUT2D eigenvalue weighted by atomic mass is 10.0. The number of rotatable bonds is 4. The molecule has 0 aromatic carbocycles. The van der Waals surface area contributed by atoms with Gasteiger partial charge in [-0.1, -0.05) is 25.7 Å². The predicted octanol–water partition coefficient (Wildman–Crippen LogP) is 2.43. The van der Waals surface area contributed by atoms with E-state index in [2.05, 4.69) is 20.4 Å². The molecule has 114 valence electrons. The minimum atomic E-state index is 0.146. The van der Waals surface area contributed by atoms with Crippen LogP contribution in [0, 0.1) is 17.8 Å². The summed E-state index contributed by atoms with van der Waals surface area (Å²) >= 11 is 0. The normalized spacial score (nSPS) is 24.4. The number of carbonyl (C=O) groups is 1. The molecule has 6 nitrogen and oxygen atoms in total. The maximum Gasteiger partial charge on any atom is 0.227 e. The molecule has 2 fully saturated rings. The van der Waals surface area contributed by atoms with Crippen LogP contribution >= 0.6 is 0 Å². The standard InChI is InChI=1S/C16H19N5O/c22-16(14-7-13(14)11-3-1-2-4-11)20-12-5-6-15(18-8-12)21-10-17-9-19-21/h5-6,8-11,13-14H,1-4,7H2,(H,20,22). The molecular weight excluding hydrogens is 278 g/mol. The van der Waals surface area contributed by atoms with E-state index < -0.39 is 0 Å². The van der Waals surface area contributed by atoms with Gasteiger partial charge in [-0.3, -0.25) is 4.79 Å². The molecule has 2 atom stereocenters. The highest BCUT2D eigenvalue weighted by molar-refractivity contribution is 5.94. The van der Waals surface area contributed by atoms with Crippen molar-refractivity contribution in [1.82, 2.24) is 19.7 Å². The Bertz CT molecular complexity index is 646. The third-order valence-corrected chi connectivity index (χ3v) is 4.85. The van der Waals surface area contributed by atoms with Crippen LogP contribution in [0.1, 0.15) is 32.1 Å². The molecule has 1 N–H and O–H groups in total. The van der Waals surface area contributed by atoms with Crippen LogP contribution < -0.4 is 5.32 Å². The van der Waals surface area contributed by atoms with E-state index in [1.165, 1.54) is 32.0 Å². The largest absolute Gasteiger partial charge is 0.324 e. The van der Waals surface area contributed by atoms with Crippen molar-refractivity contribution >= 4 is 11.6 Å². The molecule has 1 amide bonds. The Labute approximate surface area is 129 Å². The molecule has 0 radical (unpaired) electrons. The molecule has 2 aliphatic carbocycles. The summed E-state index contributed by atoms with van der Waals surface area (Å²) in [6.45, 7) is 0. The van der Waals surface area contributed by atoms with E-state index in [4.69, 9.17) is 0 Å². The molecule has 0 spiro atoms. The quantitative estimate of drug-likeness (QED) is 0.940. The summed E-state index contributed by atoms with van der Waals surface area (Å²) < 4.78 is 1.59. The van der Waals surface area contributed by atoms with Gasteiger partial charge in [0.15, 0.2) is 5.82 Å². The van der Waals surface area contributed by atoms with E-state index >= 15 is 0 Å². The fourth-order valence-corrected chi connectivity index (χ4v) is 3.58. The van der Waals surface area contributed by atoms with Gasteiger partial charge in [-0.15, -0.1) is 0 Å². The van der Waals surface area contributed by atoms with E-state index in [0.717, 1.165) is 18.0 Å². The number of pyridine rings is 1. The van der Waals surface area contributed by atoms with Crippen LogP contribution in [0.4, 0.5) is 5.69 Å². The maximum atomic E-state index is 12.3. The molecule has 0 saturated heterocycles. The first-order valence-corrected chi connectivity index (χ1v) is 7.93. The van der Waals surface area contributed by atoms with E-state index in [-0.39, 0.29) is 11.8 Å². The predicted molar refractivity (Wildman–Crippen MR) is 81.3 cm³/mol. The summed E-state index contributed by atoms with van der Waals surface area (Å²) in [4.78, 5) is 20.5. The second kappa shape index (κ2) is 5.51. The average molecular weight is 297 g/mol. The van der Waals surface area contributed by atoms with Gasteiger partial charge in [0.25, 0.3) is 0 Å². The van der Waals surface area contributed by atoms with E-state index in [1.807, 2.05) is 12.1 Å². The minimum absolute atomic E-state index is 0.146. The number of nitrogens with one attached hydrogen (secondary N) is 1. The van der Waals surface area contributed by atoms with Crippen LogP contribution in [0.25, 0.3) is 5.82 Å². The van der Waals surface area contributed by atoms with Crippen molar-refractivity contribution in [1.29, 1.82) is 0 Å². The second-order valence-corrected chi connectivity index (χ2v) is 6.28. The van der Waals surface area contributed by atoms with Crippen molar-refractivity contribution in [3.8, 4) is 5.82 Å². The Kier molecular flexibility index (Phi) is 3.36. The van der Waals surface area contributed by atoms with Crippen LogP contribution in [0.5, 0.6) is 0 Å². The average Bonchev–Trinajstić information content (AvgIpc) is 2.97. The molecule has 2 unspecified atom stereocenters. The molecule has 6 heteroatoms. The van der Waals surface area contributed by atoms with Gasteiger partial charge in [-0.05, 0) is 30.4 Å². The number of aromatic nitrogens is 4. The smallest absolute Gasteiger partial charge is 0.227 e. The minimum Gasteiger partial charge on any atom is -0.324 e. The monoisotopic (exact) mass is 297 g/mol. The van der Waals surface area contributed by atoms with E-state index in [0.29, 0.717) is 11.7 Å². The van der Waals surface area contributed by atoms with Gasteiger partial charge < -0.3 is 5.32 Å². The zero-order chi connectivity index (χ0) is 14.9. The second-order valence-electron chi connectivity index (χ2n) is 6.28. The SMILES string of the molecule is O=C(Nc1ccc(-n2cncn2)nc1)C1CC1C1CCCC1. The number of carbonyl (C=O) groups excluding carboxylic acids is 1. The fourth-order valence-electron chi connectivity index (χ4n) is 3.58. The summed E-state index contributed by atoms with van der Waals surface area (Å²) in [6, 6.07) is 3.68. The molecule has 2 heterocycles. The van der Waals surface area contributed by atoms with Crippen LogP contribution in [-0.4, -0.2) is 25.7 Å². The fraction of sp³-hybridized carbons (Fsp3) is 0.500. The Morgan fingerprint density at radius 2 is 2.14 bits per heavy atom. The number of hydrogen-bond donors (Lipinski definition) is 1. The van der Waals surface area contributed by atoms with Crippen molar-refractivity contribution in [2.24, 2.45) is 17.8 Å². The Morgan fingerprint density at radius 3 is 2.82 bits per heavy atom. The van der Waals surface area contributed by atoms with Gasteiger partial charge in [0.1, 0.15) is 12.7 Å². The number of hydrogen-bond acceptors (Lipinski definition) is 4. The molecular formula is C16H19N5O. The molecule has 2 aromatic rings. The Morgan fingerprint density at radius 1 is 1.27 bits per heavy atom. The summed E-state index contributed by atoms with van der Waals surface area (Å²) in [5.74, 6) is 2.43. The maximum absolute atomic E-state index is 12.3. The first kappa shape index (κ1) is 13.4. The highest BCUT2D eigenvalue weighted by Crippen LogP contribution is 2.50. The molecule has 22 heavy (non-hydrogen) atoms. The van der Waals surface area contributed by atoms with Crippen molar-refractivity contribution in [2.75, 3.05) is 5.32 Å². The molecule has 2 aromatic heterocycles. The van der Waals surface area contributed by atoms with Gasteiger partial charge in [0, 0.05) is 5.92 Å². The van der Waals surface area contributed by atoms with Crippen LogP contribution in [0.2, 0.25) is 0 Å². The van der Waals surface area contributed by atoms with Crippen LogP contribution in [-0.2, 0) is 4.79 Å². The highest BCUT2D eigenvalue weighted by Gasteiger charge is 2.47. The first-order chi connectivity index (χ1) is 10.8. The van der Waals surface area contributed by atoms with Crippen LogP contribution in [0.15, 0.2) is 31.0 Å². The van der Waals surface area contributed by atoms with E-state index in [9.17, 15) is 4.79 Å². The molecule has 0 aliphatic heterocycles. The third kappa shape index (κ3) is 2.61. The van der Waals surface area contributed by atoms with Crippen LogP contribution in [0.3, 0.4) is 0 Å². The Hall–Kier alpha value is -2.24. The first-order valence-electron chi connectivity index (χ1n) is 7.93. The highest BCUT2D eigenvalue weighted by atomic mass is 16.2. The number of anilines is 1. The lowest BCUT2D eigenvalue weighted by molar-refractivity contribution is -0.117. The lowest BCUT2D eigenvalue weighted by Gasteiger charge is -2.09. The third-order valence-electron chi connectivity index (χ3n) is 4.85. The van der Waals surface area contributed by atoms with Gasteiger partial charge in [0.2, 0.25) is 5.91 Å². The van der Waals surface area contributed by atoms with Gasteiger partial charge in [0.05, 0.1) is 11.9 Å². The summed E-state index contributed by atoms with van der Waals surface area (Å²) in [6.07, 6.45) is 11.1. The molecule has 4 rings (SSSR count). The molecule has 2 saturated carbocycles. The topological polar surface area (TPSA) is 72.7 Å². The van der Waals surface area contributed by atoms with E-state index in [1.54, 1.807) is 17.2 Å². The summed E-state index contributed by atoms with van der Waals surface area (Å²) in [5.41, 5.74) is 0.742. The number of amides is 1. The molecule has 2 aliphatic rings. The lowest BCUT2D eigenvalue weighted by Crippen LogP contribution is -2.16. The van der Waals surface area contributed by atoms with Crippen molar-refractivity contribution in [3.63, 3.8) is 0 Å². The van der Waals surface area contributed by atoms with Crippen molar-refractivity contribution < 1.29 is 4.79 Å². The summed E-state index contributed by atoms with van der Waals surface area (Å²) in [5, 5.41) is 7.01. The zero-order valence-electron chi connectivity index (χ0n) is 12.4. The summed E-state index contributed by atoms with van der Waals surface area (Å²) in [7, 11) is 0. The van der Waals surface area contributed by atoms with Crippen molar-refractivity contribution in [2.45, 2.75) is 32.1 Å². The van der Waals surface area contributed by atoms with Gasteiger partial charge in [-0.2, -0.15) is 5.10 Å². The molecule has 0 bridgehead atoms. The van der Waals surface area contributed by atoms with Gasteiger partial charge >= 0.3 is 0 Å². The van der Waals surface area contributed by atoms with Crippen molar-refractivity contribution in [3.05, 3.63) is 31.0 Å². The van der Waals surface area contributed by atoms with Gasteiger partial charge in [-0.25, -0.2) is 14.6 Å². The number of nitrogens with zero attached hydrogens (tertiary/aromatic N) is 4. The Balaban J connectivity index is 1.36.